The van der Waals surface area contributed by atoms with Crippen molar-refractivity contribution in [3.8, 4) is 0 Å². The quantitative estimate of drug-likeness (QED) is 0.315. The predicted molar refractivity (Wildman–Crippen MR) is 65.6 cm³/mol. The third-order valence-corrected chi connectivity index (χ3v) is 1.87. The molecule has 0 heterocycles. The minimum atomic E-state index is -0.861. The Bertz CT molecular complexity index is 410. The summed E-state index contributed by atoms with van der Waals surface area (Å²) in [4.78, 5) is 34.0. The summed E-state index contributed by atoms with van der Waals surface area (Å²) < 4.78 is 13.8. The zero-order valence-corrected chi connectivity index (χ0v) is 11.1. The van der Waals surface area contributed by atoms with Crippen molar-refractivity contribution in [2.75, 3.05) is 20.3 Å². The lowest BCUT2D eigenvalue weighted by Gasteiger charge is -2.07. The minimum absolute atomic E-state index is 0.102. The summed E-state index contributed by atoms with van der Waals surface area (Å²) in [5.74, 6) is -2.38. The van der Waals surface area contributed by atoms with Crippen molar-refractivity contribution in [3.05, 3.63) is 23.4 Å². The maximum absolute atomic E-state index is 11.6. The van der Waals surface area contributed by atoms with Gasteiger partial charge in [0, 0.05) is 6.08 Å². The number of carbonyl (C=O) groups is 3. The minimum Gasteiger partial charge on any atom is -0.466 e. The number of esters is 3. The zero-order valence-electron chi connectivity index (χ0n) is 11.1. The highest BCUT2D eigenvalue weighted by Gasteiger charge is 2.18. The summed E-state index contributed by atoms with van der Waals surface area (Å²) in [5.41, 5.74) is 4.82. The van der Waals surface area contributed by atoms with Crippen LogP contribution in [-0.4, -0.2) is 38.2 Å². The molecule has 0 bridgehead atoms. The Kier molecular flexibility index (Phi) is 7.67. The maximum Gasteiger partial charge on any atom is 0.355 e. The van der Waals surface area contributed by atoms with Gasteiger partial charge < -0.3 is 19.9 Å². The first-order chi connectivity index (χ1) is 8.97. The molecule has 7 heteroatoms. The fourth-order valence-corrected chi connectivity index (χ4v) is 1.01. The van der Waals surface area contributed by atoms with Crippen LogP contribution in [0.2, 0.25) is 0 Å². The Balaban J connectivity index is 5.31. The van der Waals surface area contributed by atoms with Crippen LogP contribution in [0.5, 0.6) is 0 Å². The van der Waals surface area contributed by atoms with Gasteiger partial charge in [-0.3, -0.25) is 0 Å². The molecule has 0 aliphatic carbocycles. The van der Waals surface area contributed by atoms with Crippen molar-refractivity contribution in [3.63, 3.8) is 0 Å². The molecule has 0 aliphatic heterocycles. The van der Waals surface area contributed by atoms with E-state index in [0.29, 0.717) is 0 Å². The second-order valence-electron chi connectivity index (χ2n) is 3.12. The van der Waals surface area contributed by atoms with Crippen LogP contribution < -0.4 is 5.73 Å². The molecule has 0 aromatic heterocycles. The Labute approximate surface area is 111 Å². The molecule has 19 heavy (non-hydrogen) atoms. The molecule has 0 spiro atoms. The third-order valence-electron chi connectivity index (χ3n) is 1.87. The molecule has 106 valence electrons. The number of nitrogens with two attached hydrogens (primary N) is 1. The number of hydrogen-bond acceptors (Lipinski definition) is 7. The number of carbonyl (C=O) groups excluding carboxylic acids is 3. The van der Waals surface area contributed by atoms with Gasteiger partial charge in [0.25, 0.3) is 0 Å². The Morgan fingerprint density at radius 1 is 1.00 bits per heavy atom. The second-order valence-corrected chi connectivity index (χ2v) is 3.12. The summed E-state index contributed by atoms with van der Waals surface area (Å²) in [7, 11) is 1.18. The second kappa shape index (κ2) is 8.73. The Morgan fingerprint density at radius 3 is 2.00 bits per heavy atom. The molecule has 0 fully saturated rings. The summed E-state index contributed by atoms with van der Waals surface area (Å²) in [6.07, 6.45) is 2.01. The van der Waals surface area contributed by atoms with Gasteiger partial charge in [-0.15, -0.1) is 0 Å². The van der Waals surface area contributed by atoms with Crippen LogP contribution in [0, 0.1) is 0 Å². The van der Waals surface area contributed by atoms with Crippen LogP contribution in [0.3, 0.4) is 0 Å². The van der Waals surface area contributed by atoms with E-state index in [4.69, 9.17) is 10.5 Å². The van der Waals surface area contributed by atoms with Gasteiger partial charge in [-0.25, -0.2) is 14.4 Å². The van der Waals surface area contributed by atoms with Crippen LogP contribution in [0.15, 0.2) is 23.4 Å². The molecule has 7 nitrogen and oxygen atoms in total. The van der Waals surface area contributed by atoms with Gasteiger partial charge in [0.15, 0.2) is 0 Å². The van der Waals surface area contributed by atoms with Crippen LogP contribution in [0.1, 0.15) is 13.8 Å². The molecular weight excluding hydrogens is 254 g/mol. The highest BCUT2D eigenvalue weighted by molar-refractivity contribution is 6.02. The molecule has 0 rings (SSSR count). The van der Waals surface area contributed by atoms with Crippen molar-refractivity contribution in [1.29, 1.82) is 0 Å². The van der Waals surface area contributed by atoms with Gasteiger partial charge in [0.1, 0.15) is 5.70 Å². The fraction of sp³-hybridized carbons (Fsp3) is 0.417. The van der Waals surface area contributed by atoms with Crippen molar-refractivity contribution >= 4 is 17.9 Å². The normalized spacial score (nSPS) is 11.7. The molecule has 0 amide bonds. The van der Waals surface area contributed by atoms with E-state index in [2.05, 4.69) is 9.47 Å². The van der Waals surface area contributed by atoms with E-state index in [-0.39, 0.29) is 18.8 Å². The van der Waals surface area contributed by atoms with E-state index < -0.39 is 23.6 Å². The van der Waals surface area contributed by atoms with Gasteiger partial charge in [0.05, 0.1) is 25.9 Å². The fourth-order valence-electron chi connectivity index (χ4n) is 1.01. The van der Waals surface area contributed by atoms with Crippen LogP contribution in [-0.2, 0) is 28.6 Å². The van der Waals surface area contributed by atoms with E-state index >= 15 is 0 Å². The van der Waals surface area contributed by atoms with Gasteiger partial charge in [0.2, 0.25) is 0 Å². The molecule has 0 saturated heterocycles. The average Bonchev–Trinajstić information content (AvgIpc) is 2.38. The molecular formula is C12H17NO6. The van der Waals surface area contributed by atoms with Gasteiger partial charge in [-0.1, -0.05) is 0 Å². The summed E-state index contributed by atoms with van der Waals surface area (Å²) in [5, 5.41) is 0. The van der Waals surface area contributed by atoms with E-state index in [1.807, 2.05) is 0 Å². The van der Waals surface area contributed by atoms with E-state index in [0.717, 1.165) is 12.2 Å². The molecule has 0 atom stereocenters. The summed E-state index contributed by atoms with van der Waals surface area (Å²) in [6, 6.07) is 0. The standard InChI is InChI=1S/C12H17NO6/c1-4-18-11(15)8(6-7-9(14)17-3)10(13)12(16)19-5-2/h6-7H,4-5,13H2,1-3H3/b7-6+,10-8-. The van der Waals surface area contributed by atoms with Gasteiger partial charge in [-0.05, 0) is 19.9 Å². The van der Waals surface area contributed by atoms with Crippen molar-refractivity contribution in [1.82, 2.24) is 0 Å². The molecule has 0 aromatic carbocycles. The number of methoxy groups -OCH3 is 1. The molecule has 0 unspecified atom stereocenters. The van der Waals surface area contributed by atoms with Gasteiger partial charge >= 0.3 is 17.9 Å². The molecule has 2 N–H and O–H groups in total. The molecule has 0 aromatic rings. The lowest BCUT2D eigenvalue weighted by Crippen LogP contribution is -2.21. The molecule has 0 radical (unpaired) electrons. The topological polar surface area (TPSA) is 105 Å². The van der Waals surface area contributed by atoms with Crippen LogP contribution in [0.25, 0.3) is 0 Å². The first-order valence-corrected chi connectivity index (χ1v) is 5.57. The highest BCUT2D eigenvalue weighted by Crippen LogP contribution is 2.07. The van der Waals surface area contributed by atoms with Crippen molar-refractivity contribution in [2.24, 2.45) is 5.73 Å². The largest absolute Gasteiger partial charge is 0.466 e. The highest BCUT2D eigenvalue weighted by atomic mass is 16.5. The Morgan fingerprint density at radius 2 is 1.53 bits per heavy atom. The third kappa shape index (κ3) is 5.71. The summed E-state index contributed by atoms with van der Waals surface area (Å²) >= 11 is 0. The predicted octanol–water partition coefficient (Wildman–Crippen LogP) is 0.0546. The average molecular weight is 271 g/mol. The number of ether oxygens (including phenoxy) is 3. The molecule has 0 aliphatic rings. The van der Waals surface area contributed by atoms with Crippen molar-refractivity contribution < 1.29 is 28.6 Å². The smallest absolute Gasteiger partial charge is 0.355 e. The lowest BCUT2D eigenvalue weighted by atomic mass is 10.2. The van der Waals surface area contributed by atoms with Crippen molar-refractivity contribution in [2.45, 2.75) is 13.8 Å². The van der Waals surface area contributed by atoms with E-state index in [1.54, 1.807) is 13.8 Å². The maximum atomic E-state index is 11.6. The number of rotatable bonds is 6. The molecule has 0 saturated carbocycles. The summed E-state index contributed by atoms with van der Waals surface area (Å²) in [6.45, 7) is 3.40. The van der Waals surface area contributed by atoms with E-state index in [1.165, 1.54) is 7.11 Å². The van der Waals surface area contributed by atoms with Crippen LogP contribution >= 0.6 is 0 Å². The van der Waals surface area contributed by atoms with Crippen LogP contribution in [0.4, 0.5) is 0 Å². The SMILES string of the molecule is CCOC(=O)/C(N)=C(\C=C\C(=O)OC)C(=O)OCC. The number of hydrogen-bond donors (Lipinski definition) is 1. The first-order valence-electron chi connectivity index (χ1n) is 5.57. The van der Waals surface area contributed by atoms with E-state index in [9.17, 15) is 14.4 Å². The van der Waals surface area contributed by atoms with Gasteiger partial charge in [-0.2, -0.15) is 0 Å². The zero-order chi connectivity index (χ0) is 14.8. The Hall–Kier alpha value is -2.31. The first kappa shape index (κ1) is 16.7. The monoisotopic (exact) mass is 271 g/mol. The lowest BCUT2D eigenvalue weighted by molar-refractivity contribution is -0.141.